The van der Waals surface area contributed by atoms with Crippen LogP contribution in [0.4, 0.5) is 11.8 Å². The van der Waals surface area contributed by atoms with E-state index < -0.39 is 0 Å². The van der Waals surface area contributed by atoms with Crippen molar-refractivity contribution in [2.75, 3.05) is 63.1 Å². The number of hydrogen-bond acceptors (Lipinski definition) is 8. The van der Waals surface area contributed by atoms with E-state index >= 15 is 0 Å². The molecule has 8 heteroatoms. The average molecular weight is 439 g/mol. The molecule has 4 aliphatic rings. The number of morpholine rings is 2. The van der Waals surface area contributed by atoms with Crippen molar-refractivity contribution in [3.05, 3.63) is 24.3 Å². The summed E-state index contributed by atoms with van der Waals surface area (Å²) in [5.41, 5.74) is 0.945. The molecule has 0 amide bonds. The van der Waals surface area contributed by atoms with Gasteiger partial charge >= 0.3 is 0 Å². The van der Waals surface area contributed by atoms with Crippen LogP contribution in [0.2, 0.25) is 0 Å². The third kappa shape index (κ3) is 4.83. The van der Waals surface area contributed by atoms with Crippen LogP contribution in [0.25, 0.3) is 10.9 Å². The van der Waals surface area contributed by atoms with Gasteiger partial charge in [-0.3, -0.25) is 9.80 Å². The highest BCUT2D eigenvalue weighted by Gasteiger charge is 2.34. The van der Waals surface area contributed by atoms with Crippen LogP contribution < -0.4 is 10.6 Å². The Balaban J connectivity index is 1.11. The van der Waals surface area contributed by atoms with Crippen molar-refractivity contribution in [3.8, 4) is 0 Å². The van der Waals surface area contributed by atoms with E-state index in [-0.39, 0.29) is 12.2 Å². The molecule has 0 bridgehead atoms. The maximum absolute atomic E-state index is 6.03. The van der Waals surface area contributed by atoms with E-state index in [2.05, 4.69) is 26.5 Å². The predicted octanol–water partition coefficient (Wildman–Crippen LogP) is 2.18. The Hall–Kier alpha value is -2.00. The van der Waals surface area contributed by atoms with Gasteiger partial charge in [0.2, 0.25) is 5.95 Å². The highest BCUT2D eigenvalue weighted by molar-refractivity contribution is 5.90. The Bertz CT molecular complexity index is 934. The molecule has 0 spiro atoms. The smallest absolute Gasteiger partial charge is 0.225 e. The van der Waals surface area contributed by atoms with E-state index in [1.807, 2.05) is 18.2 Å². The number of nitrogens with zero attached hydrogens (tertiary/aromatic N) is 4. The number of anilines is 2. The molecule has 2 aliphatic carbocycles. The number of ether oxygens (including phenoxy) is 2. The molecule has 1 aromatic heterocycles. The number of rotatable bonds is 8. The van der Waals surface area contributed by atoms with Crippen LogP contribution in [-0.2, 0) is 9.47 Å². The third-order valence-corrected chi connectivity index (χ3v) is 7.06. The van der Waals surface area contributed by atoms with Gasteiger partial charge in [0.25, 0.3) is 0 Å². The molecule has 2 aromatic rings. The largest absolute Gasteiger partial charge is 0.374 e. The quantitative estimate of drug-likeness (QED) is 0.650. The minimum atomic E-state index is 0.180. The summed E-state index contributed by atoms with van der Waals surface area (Å²) in [5.74, 6) is 1.52. The Kier molecular flexibility index (Phi) is 5.85. The van der Waals surface area contributed by atoms with Gasteiger partial charge < -0.3 is 20.1 Å². The summed E-state index contributed by atoms with van der Waals surface area (Å²) in [5, 5.41) is 8.05. The highest BCUT2D eigenvalue weighted by Crippen LogP contribution is 2.29. The third-order valence-electron chi connectivity index (χ3n) is 7.06. The molecular weight excluding hydrogens is 404 g/mol. The molecule has 1 aromatic carbocycles. The summed E-state index contributed by atoms with van der Waals surface area (Å²) >= 11 is 0. The minimum absolute atomic E-state index is 0.180. The molecule has 2 saturated heterocycles. The fraction of sp³-hybridized carbons (Fsp3) is 0.667. The SMILES string of the molecule is c1ccc2c(NCC3CN(C4CC4)CCO3)nc(NCC3CN(C4CC4)CCO3)nc2c1. The van der Waals surface area contributed by atoms with Crippen molar-refractivity contribution >= 4 is 22.7 Å². The van der Waals surface area contributed by atoms with Crippen molar-refractivity contribution in [2.45, 2.75) is 50.0 Å². The molecule has 2 aliphatic heterocycles. The Morgan fingerprint density at radius 3 is 2.09 bits per heavy atom. The first kappa shape index (κ1) is 20.6. The van der Waals surface area contributed by atoms with Gasteiger partial charge in [0.1, 0.15) is 5.82 Å². The number of fused-ring (bicyclic) bond motifs is 1. The van der Waals surface area contributed by atoms with Crippen LogP contribution in [0.5, 0.6) is 0 Å². The van der Waals surface area contributed by atoms with Crippen molar-refractivity contribution < 1.29 is 9.47 Å². The lowest BCUT2D eigenvalue weighted by Crippen LogP contribution is -2.46. The fourth-order valence-electron chi connectivity index (χ4n) is 4.98. The number of benzene rings is 1. The van der Waals surface area contributed by atoms with Crippen LogP contribution in [0.1, 0.15) is 25.7 Å². The monoisotopic (exact) mass is 438 g/mol. The van der Waals surface area contributed by atoms with Crippen molar-refractivity contribution in [2.24, 2.45) is 0 Å². The molecule has 6 rings (SSSR count). The summed E-state index contributed by atoms with van der Waals surface area (Å²) in [7, 11) is 0. The summed E-state index contributed by atoms with van der Waals surface area (Å²) < 4.78 is 12.0. The van der Waals surface area contributed by atoms with E-state index in [0.29, 0.717) is 5.95 Å². The molecule has 2 atom stereocenters. The van der Waals surface area contributed by atoms with Crippen molar-refractivity contribution in [1.82, 2.24) is 19.8 Å². The minimum Gasteiger partial charge on any atom is -0.374 e. The Morgan fingerprint density at radius 2 is 1.44 bits per heavy atom. The maximum Gasteiger partial charge on any atom is 0.225 e. The summed E-state index contributed by atoms with van der Waals surface area (Å²) in [4.78, 5) is 14.7. The summed E-state index contributed by atoms with van der Waals surface area (Å²) in [6.45, 7) is 7.23. The lowest BCUT2D eigenvalue weighted by atomic mass is 10.2. The van der Waals surface area contributed by atoms with E-state index in [0.717, 1.165) is 81.3 Å². The second-order valence-corrected chi connectivity index (χ2v) is 9.61. The summed E-state index contributed by atoms with van der Waals surface area (Å²) in [6, 6.07) is 9.76. The molecule has 2 unspecified atom stereocenters. The van der Waals surface area contributed by atoms with Gasteiger partial charge in [-0.1, -0.05) is 12.1 Å². The van der Waals surface area contributed by atoms with Gasteiger partial charge in [-0.2, -0.15) is 4.98 Å². The predicted molar refractivity (Wildman–Crippen MR) is 125 cm³/mol. The average Bonchev–Trinajstić information content (AvgIpc) is 3.74. The van der Waals surface area contributed by atoms with E-state index in [4.69, 9.17) is 19.4 Å². The lowest BCUT2D eigenvalue weighted by Gasteiger charge is -2.33. The molecule has 2 N–H and O–H groups in total. The first-order chi connectivity index (χ1) is 15.8. The van der Waals surface area contributed by atoms with Gasteiger partial charge in [0.05, 0.1) is 30.9 Å². The molecule has 8 nitrogen and oxygen atoms in total. The Morgan fingerprint density at radius 1 is 0.812 bits per heavy atom. The molecule has 172 valence electrons. The summed E-state index contributed by atoms with van der Waals surface area (Å²) in [6.07, 6.45) is 5.74. The maximum atomic E-state index is 6.03. The van der Waals surface area contributed by atoms with Crippen LogP contribution in [0, 0.1) is 0 Å². The van der Waals surface area contributed by atoms with Crippen LogP contribution in [-0.4, -0.2) is 96.5 Å². The molecule has 32 heavy (non-hydrogen) atoms. The number of hydrogen-bond donors (Lipinski definition) is 2. The zero-order chi connectivity index (χ0) is 21.3. The molecule has 0 radical (unpaired) electrons. The number of aromatic nitrogens is 2. The van der Waals surface area contributed by atoms with Crippen LogP contribution in [0.15, 0.2) is 24.3 Å². The molecular formula is C24H34N6O2. The van der Waals surface area contributed by atoms with Crippen LogP contribution in [0.3, 0.4) is 0 Å². The second-order valence-electron chi connectivity index (χ2n) is 9.61. The highest BCUT2D eigenvalue weighted by atomic mass is 16.5. The lowest BCUT2D eigenvalue weighted by molar-refractivity contribution is -0.0242. The van der Waals surface area contributed by atoms with E-state index in [9.17, 15) is 0 Å². The normalized spacial score (nSPS) is 27.5. The van der Waals surface area contributed by atoms with Crippen LogP contribution >= 0.6 is 0 Å². The Labute approximate surface area is 189 Å². The first-order valence-electron chi connectivity index (χ1n) is 12.3. The molecule has 2 saturated carbocycles. The first-order valence-corrected chi connectivity index (χ1v) is 12.3. The van der Waals surface area contributed by atoms with Gasteiger partial charge in [-0.15, -0.1) is 0 Å². The van der Waals surface area contributed by atoms with E-state index in [1.54, 1.807) is 0 Å². The molecule has 4 fully saturated rings. The van der Waals surface area contributed by atoms with E-state index in [1.165, 1.54) is 25.7 Å². The zero-order valence-electron chi connectivity index (χ0n) is 18.7. The number of para-hydroxylation sites is 1. The second kappa shape index (κ2) is 9.09. The van der Waals surface area contributed by atoms with Gasteiger partial charge in [-0.05, 0) is 37.8 Å². The standard InChI is InChI=1S/C24H34N6O2/c1-2-4-22-21(3-1)23(25-13-19-15-29(9-11-31-19)17-5-6-17)28-24(27-22)26-14-20-16-30(10-12-32-20)18-7-8-18/h1-4,17-20H,5-16H2,(H2,25,26,27,28). The topological polar surface area (TPSA) is 74.8 Å². The van der Waals surface area contributed by atoms with Crippen molar-refractivity contribution in [3.63, 3.8) is 0 Å². The molecule has 3 heterocycles. The van der Waals surface area contributed by atoms with Crippen molar-refractivity contribution in [1.29, 1.82) is 0 Å². The van der Waals surface area contributed by atoms with Gasteiger partial charge in [-0.25, -0.2) is 4.98 Å². The van der Waals surface area contributed by atoms with Gasteiger partial charge in [0, 0.05) is 56.7 Å². The van der Waals surface area contributed by atoms with Gasteiger partial charge in [0.15, 0.2) is 0 Å². The zero-order valence-corrected chi connectivity index (χ0v) is 18.7. The fourth-order valence-corrected chi connectivity index (χ4v) is 4.98. The number of nitrogens with one attached hydrogen (secondary N) is 2.